The van der Waals surface area contributed by atoms with Crippen molar-refractivity contribution in [3.8, 4) is 11.5 Å². The number of nitrogens with one attached hydrogen (secondary N) is 1. The van der Waals surface area contributed by atoms with E-state index in [0.717, 1.165) is 0 Å². The molecule has 2 aromatic carbocycles. The Morgan fingerprint density at radius 2 is 1.77 bits per heavy atom. The van der Waals surface area contributed by atoms with Crippen LogP contribution < -0.4 is 14.9 Å². The van der Waals surface area contributed by atoms with Crippen LogP contribution in [0.4, 0.5) is 0 Å². The maximum atomic E-state index is 12.2. The van der Waals surface area contributed by atoms with Gasteiger partial charge in [-0.05, 0) is 31.2 Å². The number of methoxy groups -OCH3 is 1. The van der Waals surface area contributed by atoms with E-state index in [-0.39, 0.29) is 6.61 Å². The van der Waals surface area contributed by atoms with Crippen molar-refractivity contribution in [3.63, 3.8) is 0 Å². The van der Waals surface area contributed by atoms with E-state index in [1.54, 1.807) is 55.5 Å². The molecule has 1 N–H and O–H groups in total. The van der Waals surface area contributed by atoms with Crippen molar-refractivity contribution in [2.24, 2.45) is 5.10 Å². The summed E-state index contributed by atoms with van der Waals surface area (Å²) in [5.74, 6) is 0.0570. The molecule has 0 radical (unpaired) electrons. The highest BCUT2D eigenvalue weighted by Gasteiger charge is 2.10. The summed E-state index contributed by atoms with van der Waals surface area (Å²) >= 11 is 0. The van der Waals surface area contributed by atoms with Crippen LogP contribution in [0, 0.1) is 0 Å². The number of esters is 1. The van der Waals surface area contributed by atoms with E-state index in [2.05, 4.69) is 10.5 Å². The normalized spacial score (nSPS) is 10.4. The molecule has 0 fully saturated rings. The van der Waals surface area contributed by atoms with Gasteiger partial charge in [0.15, 0.2) is 6.61 Å². The van der Waals surface area contributed by atoms with Crippen molar-refractivity contribution >= 4 is 18.1 Å². The summed E-state index contributed by atoms with van der Waals surface area (Å²) < 4.78 is 15.4. The van der Waals surface area contributed by atoms with Crippen LogP contribution in [0.5, 0.6) is 11.5 Å². The highest BCUT2D eigenvalue weighted by atomic mass is 16.6. The fourth-order valence-corrected chi connectivity index (χ4v) is 2.11. The average Bonchev–Trinajstić information content (AvgIpc) is 2.67. The molecule has 2 aromatic rings. The van der Waals surface area contributed by atoms with Crippen LogP contribution in [0.15, 0.2) is 53.6 Å². The molecule has 0 saturated heterocycles. The number of ether oxygens (including phenoxy) is 3. The van der Waals surface area contributed by atoms with Crippen LogP contribution in [-0.2, 0) is 9.53 Å². The molecule has 0 heterocycles. The quantitative estimate of drug-likeness (QED) is 0.446. The minimum absolute atomic E-state index is 0.202. The second kappa shape index (κ2) is 9.83. The molecule has 0 aromatic heterocycles. The predicted molar refractivity (Wildman–Crippen MR) is 96.6 cm³/mol. The summed E-state index contributed by atoms with van der Waals surface area (Å²) in [7, 11) is 1.49. The van der Waals surface area contributed by atoms with E-state index in [1.807, 2.05) is 0 Å². The van der Waals surface area contributed by atoms with E-state index >= 15 is 0 Å². The fourth-order valence-electron chi connectivity index (χ4n) is 2.11. The van der Waals surface area contributed by atoms with Gasteiger partial charge in [-0.2, -0.15) is 5.10 Å². The van der Waals surface area contributed by atoms with Crippen LogP contribution in [0.2, 0.25) is 0 Å². The Morgan fingerprint density at radius 1 is 1.08 bits per heavy atom. The van der Waals surface area contributed by atoms with Gasteiger partial charge in [0.2, 0.25) is 0 Å². The molecule has 0 spiro atoms. The van der Waals surface area contributed by atoms with E-state index in [0.29, 0.717) is 29.2 Å². The number of hydrazone groups is 1. The average molecular weight is 356 g/mol. The van der Waals surface area contributed by atoms with Gasteiger partial charge < -0.3 is 14.2 Å². The fraction of sp³-hybridized carbons (Fsp3) is 0.211. The summed E-state index contributed by atoms with van der Waals surface area (Å²) in [6.45, 7) is 1.81. The van der Waals surface area contributed by atoms with Crippen LogP contribution in [-0.4, -0.2) is 38.4 Å². The predicted octanol–water partition coefficient (Wildman–Crippen LogP) is 2.40. The Bertz CT molecular complexity index is 789. The lowest BCUT2D eigenvalue weighted by Gasteiger charge is -2.08. The van der Waals surface area contributed by atoms with Gasteiger partial charge in [-0.15, -0.1) is 0 Å². The summed E-state index contributed by atoms with van der Waals surface area (Å²) in [5.41, 5.74) is 3.42. The minimum atomic E-state index is -0.455. The first-order chi connectivity index (χ1) is 12.7. The molecule has 0 atom stereocenters. The lowest BCUT2D eigenvalue weighted by Crippen LogP contribution is -2.18. The Morgan fingerprint density at radius 3 is 2.50 bits per heavy atom. The van der Waals surface area contributed by atoms with Gasteiger partial charge in [-0.3, -0.25) is 4.79 Å². The zero-order valence-electron chi connectivity index (χ0n) is 14.6. The Balaban J connectivity index is 2.02. The molecule has 136 valence electrons. The van der Waals surface area contributed by atoms with E-state index in [9.17, 15) is 9.59 Å². The summed E-state index contributed by atoms with van der Waals surface area (Å²) in [4.78, 5) is 23.6. The standard InChI is InChI=1S/C19H20N2O5/c1-3-25-18(22)13-26-16-10-6-4-8-14(16)12-20-21-19(23)15-9-5-7-11-17(15)24-2/h4-12H,3,13H2,1-2H3,(H,21,23)/b20-12-. The lowest BCUT2D eigenvalue weighted by atomic mass is 10.2. The zero-order chi connectivity index (χ0) is 18.8. The van der Waals surface area contributed by atoms with Crippen molar-refractivity contribution in [3.05, 3.63) is 59.7 Å². The maximum absolute atomic E-state index is 12.2. The van der Waals surface area contributed by atoms with Gasteiger partial charge >= 0.3 is 5.97 Å². The molecule has 26 heavy (non-hydrogen) atoms. The first-order valence-electron chi connectivity index (χ1n) is 7.99. The van der Waals surface area contributed by atoms with Gasteiger partial charge in [0.05, 0.1) is 25.5 Å². The zero-order valence-corrected chi connectivity index (χ0v) is 14.6. The van der Waals surface area contributed by atoms with Gasteiger partial charge in [-0.25, -0.2) is 10.2 Å². The number of amides is 1. The maximum Gasteiger partial charge on any atom is 0.344 e. The van der Waals surface area contributed by atoms with Crippen LogP contribution in [0.25, 0.3) is 0 Å². The number of benzene rings is 2. The van der Waals surface area contributed by atoms with Crippen molar-refractivity contribution in [1.82, 2.24) is 5.43 Å². The topological polar surface area (TPSA) is 86.2 Å². The summed E-state index contributed by atoms with van der Waals surface area (Å²) in [6.07, 6.45) is 1.44. The third-order valence-corrected chi connectivity index (χ3v) is 3.29. The number of carbonyl (C=O) groups excluding carboxylic acids is 2. The highest BCUT2D eigenvalue weighted by molar-refractivity contribution is 5.97. The number of carbonyl (C=O) groups is 2. The lowest BCUT2D eigenvalue weighted by molar-refractivity contribution is -0.145. The van der Waals surface area contributed by atoms with Crippen molar-refractivity contribution in [2.45, 2.75) is 6.92 Å². The molecule has 7 nitrogen and oxygen atoms in total. The molecular weight excluding hydrogens is 336 g/mol. The third kappa shape index (κ3) is 5.34. The first-order valence-corrected chi connectivity index (χ1v) is 7.99. The molecule has 0 aliphatic carbocycles. The molecule has 1 amide bonds. The Labute approximate surface area is 151 Å². The number of rotatable bonds is 8. The minimum Gasteiger partial charge on any atom is -0.496 e. The van der Waals surface area contributed by atoms with Gasteiger partial charge in [-0.1, -0.05) is 24.3 Å². The second-order valence-corrected chi connectivity index (χ2v) is 5.03. The Hall–Kier alpha value is -3.35. The van der Waals surface area contributed by atoms with Gasteiger partial charge in [0.1, 0.15) is 11.5 Å². The number of hydrogen-bond acceptors (Lipinski definition) is 6. The van der Waals surface area contributed by atoms with Crippen LogP contribution >= 0.6 is 0 Å². The van der Waals surface area contributed by atoms with Gasteiger partial charge in [0.25, 0.3) is 5.91 Å². The molecule has 0 bridgehead atoms. The van der Waals surface area contributed by atoms with E-state index in [4.69, 9.17) is 14.2 Å². The van der Waals surface area contributed by atoms with Crippen molar-refractivity contribution < 1.29 is 23.8 Å². The number of nitrogens with zero attached hydrogens (tertiary/aromatic N) is 1. The monoisotopic (exact) mass is 356 g/mol. The van der Waals surface area contributed by atoms with Crippen LogP contribution in [0.1, 0.15) is 22.8 Å². The molecular formula is C19H20N2O5. The molecule has 0 aliphatic rings. The van der Waals surface area contributed by atoms with E-state index < -0.39 is 11.9 Å². The smallest absolute Gasteiger partial charge is 0.344 e. The number of hydrogen-bond donors (Lipinski definition) is 1. The molecule has 0 saturated carbocycles. The van der Waals surface area contributed by atoms with Crippen molar-refractivity contribution in [1.29, 1.82) is 0 Å². The SMILES string of the molecule is CCOC(=O)COc1ccccc1/C=N\NC(=O)c1ccccc1OC. The summed E-state index contributed by atoms with van der Waals surface area (Å²) in [5, 5.41) is 3.94. The first kappa shape index (κ1) is 19.0. The Kier molecular flexibility index (Phi) is 7.17. The van der Waals surface area contributed by atoms with Crippen LogP contribution in [0.3, 0.4) is 0 Å². The molecule has 7 heteroatoms. The highest BCUT2D eigenvalue weighted by Crippen LogP contribution is 2.17. The van der Waals surface area contributed by atoms with Crippen molar-refractivity contribution in [2.75, 3.05) is 20.3 Å². The molecule has 0 unspecified atom stereocenters. The number of para-hydroxylation sites is 2. The van der Waals surface area contributed by atoms with Gasteiger partial charge in [0, 0.05) is 5.56 Å². The molecule has 0 aliphatic heterocycles. The third-order valence-electron chi connectivity index (χ3n) is 3.29. The molecule has 2 rings (SSSR count). The second-order valence-electron chi connectivity index (χ2n) is 5.03. The summed E-state index contributed by atoms with van der Waals surface area (Å²) in [6, 6.07) is 13.8. The van der Waals surface area contributed by atoms with E-state index in [1.165, 1.54) is 13.3 Å². The largest absolute Gasteiger partial charge is 0.496 e.